The van der Waals surface area contributed by atoms with Gasteiger partial charge in [0.1, 0.15) is 6.54 Å². The van der Waals surface area contributed by atoms with E-state index in [9.17, 15) is 9.59 Å². The summed E-state index contributed by atoms with van der Waals surface area (Å²) in [6, 6.07) is 13.5. The molecule has 3 aromatic rings. The van der Waals surface area contributed by atoms with Crippen molar-refractivity contribution in [2.24, 2.45) is 0 Å². The zero-order valence-corrected chi connectivity index (χ0v) is 16.0. The molecule has 144 valence electrons. The number of fused-ring (bicyclic) bond motifs is 2. The molecule has 1 amide bonds. The average molecular weight is 377 g/mol. The topological polar surface area (TPSA) is 79.3 Å². The van der Waals surface area contributed by atoms with E-state index in [4.69, 9.17) is 0 Å². The van der Waals surface area contributed by atoms with Gasteiger partial charge in [-0.05, 0) is 61.6 Å². The maximum atomic E-state index is 12.5. The van der Waals surface area contributed by atoms with Crippen molar-refractivity contribution in [1.82, 2.24) is 9.97 Å². The van der Waals surface area contributed by atoms with Gasteiger partial charge in [0.2, 0.25) is 0 Å². The van der Waals surface area contributed by atoms with Crippen molar-refractivity contribution in [3.63, 3.8) is 0 Å². The Labute approximate surface area is 163 Å². The first-order chi connectivity index (χ1) is 13.6. The number of H-pyrrole nitrogens is 1. The summed E-state index contributed by atoms with van der Waals surface area (Å²) in [5, 5.41) is 3.59. The van der Waals surface area contributed by atoms with Crippen LogP contribution in [-0.4, -0.2) is 29.0 Å². The number of rotatable bonds is 6. The summed E-state index contributed by atoms with van der Waals surface area (Å²) in [6.45, 7) is 3.60. The molecule has 0 spiro atoms. The predicted octanol–water partition coefficient (Wildman–Crippen LogP) is 1.46. The molecule has 6 nitrogen and oxygen atoms in total. The molecule has 1 aliphatic rings. The van der Waals surface area contributed by atoms with Gasteiger partial charge in [0.25, 0.3) is 11.5 Å². The Morgan fingerprint density at radius 1 is 1.18 bits per heavy atom. The molecule has 1 aromatic heterocycles. The van der Waals surface area contributed by atoms with Crippen LogP contribution in [0.5, 0.6) is 0 Å². The second kappa shape index (κ2) is 7.94. The summed E-state index contributed by atoms with van der Waals surface area (Å²) < 4.78 is 0. The van der Waals surface area contributed by atoms with Crippen molar-refractivity contribution in [2.75, 3.05) is 18.4 Å². The van der Waals surface area contributed by atoms with E-state index in [2.05, 4.69) is 27.4 Å². The number of aromatic amines is 1. The standard InChI is InChI=1S/C22H24N4O2/c1-2-26(13-20-24-19-9-4-3-8-18(19)22(28)25-20)14-21(27)23-17-11-10-15-6-5-7-16(15)12-17/h3-4,8-12H,2,5-7,13-14H2,1H3,(H,23,27)(H,24,25,28)/p+1. The van der Waals surface area contributed by atoms with Gasteiger partial charge in [-0.2, -0.15) is 0 Å². The molecule has 1 atom stereocenters. The average Bonchev–Trinajstić information content (AvgIpc) is 3.15. The minimum absolute atomic E-state index is 0.0297. The van der Waals surface area contributed by atoms with Crippen molar-refractivity contribution >= 4 is 22.5 Å². The maximum absolute atomic E-state index is 12.5. The number of hydrogen-bond donors (Lipinski definition) is 3. The van der Waals surface area contributed by atoms with Crippen molar-refractivity contribution in [3.05, 3.63) is 69.8 Å². The lowest BCUT2D eigenvalue weighted by atomic mass is 10.1. The zero-order valence-electron chi connectivity index (χ0n) is 16.0. The van der Waals surface area contributed by atoms with Crippen LogP contribution >= 0.6 is 0 Å². The first-order valence-corrected chi connectivity index (χ1v) is 9.85. The number of benzene rings is 2. The summed E-state index contributed by atoms with van der Waals surface area (Å²) in [5.74, 6) is 0.573. The number of para-hydroxylation sites is 1. The van der Waals surface area contributed by atoms with Gasteiger partial charge < -0.3 is 15.2 Å². The van der Waals surface area contributed by atoms with Crippen LogP contribution in [0.3, 0.4) is 0 Å². The quantitative estimate of drug-likeness (QED) is 0.608. The van der Waals surface area contributed by atoms with Crippen molar-refractivity contribution < 1.29 is 9.69 Å². The van der Waals surface area contributed by atoms with E-state index in [0.717, 1.165) is 30.0 Å². The fraction of sp³-hybridized carbons (Fsp3) is 0.318. The number of amides is 1. The summed E-state index contributed by atoms with van der Waals surface area (Å²) in [7, 11) is 0. The highest BCUT2D eigenvalue weighted by Crippen LogP contribution is 2.24. The normalized spacial score (nSPS) is 14.0. The fourth-order valence-corrected chi connectivity index (χ4v) is 3.85. The van der Waals surface area contributed by atoms with Crippen LogP contribution in [0.4, 0.5) is 5.69 Å². The molecule has 0 fully saturated rings. The SMILES string of the molecule is CC[NH+](CC(=O)Nc1ccc2c(c1)CCC2)Cc1nc2ccccc2c(=O)[nH]1. The monoisotopic (exact) mass is 377 g/mol. The first kappa shape index (κ1) is 18.4. The van der Waals surface area contributed by atoms with Crippen LogP contribution in [0, 0.1) is 0 Å². The number of carbonyl (C=O) groups excluding carboxylic acids is 1. The number of quaternary nitrogens is 1. The van der Waals surface area contributed by atoms with E-state index >= 15 is 0 Å². The lowest BCUT2D eigenvalue weighted by Crippen LogP contribution is -3.11. The Bertz CT molecular complexity index is 1070. The first-order valence-electron chi connectivity index (χ1n) is 9.85. The molecule has 4 rings (SSSR count). The highest BCUT2D eigenvalue weighted by molar-refractivity contribution is 5.91. The number of hydrogen-bond acceptors (Lipinski definition) is 3. The number of nitrogens with zero attached hydrogens (tertiary/aromatic N) is 1. The molecule has 0 radical (unpaired) electrons. The molecule has 0 bridgehead atoms. The Morgan fingerprint density at radius 3 is 2.86 bits per heavy atom. The number of carbonyl (C=O) groups is 1. The molecular formula is C22H25N4O2+. The van der Waals surface area contributed by atoms with Gasteiger partial charge in [0, 0.05) is 5.69 Å². The van der Waals surface area contributed by atoms with Gasteiger partial charge in [-0.25, -0.2) is 4.98 Å². The number of aryl methyl sites for hydroxylation is 2. The Hall–Kier alpha value is -2.99. The van der Waals surface area contributed by atoms with Crippen molar-refractivity contribution in [3.8, 4) is 0 Å². The summed E-state index contributed by atoms with van der Waals surface area (Å²) in [5.41, 5.74) is 4.14. The van der Waals surface area contributed by atoms with Crippen LogP contribution in [0.25, 0.3) is 10.9 Å². The number of aromatic nitrogens is 2. The Balaban J connectivity index is 1.43. The maximum Gasteiger partial charge on any atom is 0.279 e. The van der Waals surface area contributed by atoms with Gasteiger partial charge in [0.05, 0.1) is 17.4 Å². The lowest BCUT2D eigenvalue weighted by Gasteiger charge is -2.17. The third-order valence-corrected chi connectivity index (χ3v) is 5.37. The van der Waals surface area contributed by atoms with Crippen LogP contribution in [-0.2, 0) is 24.2 Å². The van der Waals surface area contributed by atoms with E-state index < -0.39 is 0 Å². The molecule has 1 unspecified atom stereocenters. The molecule has 28 heavy (non-hydrogen) atoms. The number of likely N-dealkylation sites (N-methyl/N-ethyl adjacent to an activating group) is 1. The second-order valence-corrected chi connectivity index (χ2v) is 7.37. The highest BCUT2D eigenvalue weighted by Gasteiger charge is 2.17. The molecule has 0 saturated carbocycles. The molecular weight excluding hydrogens is 352 g/mol. The molecule has 0 aliphatic heterocycles. The molecule has 1 heterocycles. The van der Waals surface area contributed by atoms with E-state index in [1.165, 1.54) is 17.5 Å². The third kappa shape index (κ3) is 3.97. The smallest absolute Gasteiger partial charge is 0.279 e. The van der Waals surface area contributed by atoms with E-state index in [0.29, 0.717) is 29.8 Å². The number of nitrogens with one attached hydrogen (secondary N) is 3. The third-order valence-electron chi connectivity index (χ3n) is 5.37. The molecule has 6 heteroatoms. The molecule has 2 aromatic carbocycles. The largest absolute Gasteiger partial charge is 0.321 e. The Morgan fingerprint density at radius 2 is 2.00 bits per heavy atom. The van der Waals surface area contributed by atoms with Crippen molar-refractivity contribution in [1.29, 1.82) is 0 Å². The molecule has 0 saturated heterocycles. The summed E-state index contributed by atoms with van der Waals surface area (Å²) in [6.07, 6.45) is 3.41. The van der Waals surface area contributed by atoms with Crippen LogP contribution in [0.2, 0.25) is 0 Å². The Kier molecular flexibility index (Phi) is 5.21. The van der Waals surface area contributed by atoms with Gasteiger partial charge in [0.15, 0.2) is 12.4 Å². The van der Waals surface area contributed by atoms with Gasteiger partial charge in [-0.1, -0.05) is 18.2 Å². The van der Waals surface area contributed by atoms with Gasteiger partial charge >= 0.3 is 0 Å². The minimum atomic E-state index is -0.140. The van der Waals surface area contributed by atoms with Gasteiger partial charge in [-0.3, -0.25) is 9.59 Å². The lowest BCUT2D eigenvalue weighted by molar-refractivity contribution is -0.904. The van der Waals surface area contributed by atoms with E-state index in [1.54, 1.807) is 6.07 Å². The van der Waals surface area contributed by atoms with E-state index in [-0.39, 0.29) is 11.5 Å². The van der Waals surface area contributed by atoms with Crippen LogP contribution in [0.1, 0.15) is 30.3 Å². The zero-order chi connectivity index (χ0) is 19.5. The predicted molar refractivity (Wildman–Crippen MR) is 110 cm³/mol. The fourth-order valence-electron chi connectivity index (χ4n) is 3.85. The second-order valence-electron chi connectivity index (χ2n) is 7.37. The van der Waals surface area contributed by atoms with E-state index in [1.807, 2.05) is 31.2 Å². The number of anilines is 1. The van der Waals surface area contributed by atoms with Crippen molar-refractivity contribution in [2.45, 2.75) is 32.7 Å². The van der Waals surface area contributed by atoms with Gasteiger partial charge in [-0.15, -0.1) is 0 Å². The summed E-state index contributed by atoms with van der Waals surface area (Å²) in [4.78, 5) is 33.2. The summed E-state index contributed by atoms with van der Waals surface area (Å²) >= 11 is 0. The van der Waals surface area contributed by atoms with Crippen LogP contribution in [0.15, 0.2) is 47.3 Å². The minimum Gasteiger partial charge on any atom is -0.321 e. The highest BCUT2D eigenvalue weighted by atomic mass is 16.2. The molecule has 1 aliphatic carbocycles. The van der Waals surface area contributed by atoms with Crippen LogP contribution < -0.4 is 15.8 Å². The molecule has 3 N–H and O–H groups in total.